The third kappa shape index (κ3) is 3.83. The fourth-order valence-corrected chi connectivity index (χ4v) is 2.13. The van der Waals surface area contributed by atoms with Gasteiger partial charge in [-0.25, -0.2) is 0 Å². The lowest BCUT2D eigenvalue weighted by Gasteiger charge is -2.22. The van der Waals surface area contributed by atoms with Crippen molar-refractivity contribution in [2.75, 3.05) is 7.05 Å². The van der Waals surface area contributed by atoms with Crippen LogP contribution in [0.25, 0.3) is 0 Å². The summed E-state index contributed by atoms with van der Waals surface area (Å²) in [5.74, 6) is 1.37. The highest BCUT2D eigenvalue weighted by molar-refractivity contribution is 6.31. The lowest BCUT2D eigenvalue weighted by Crippen LogP contribution is -2.22. The van der Waals surface area contributed by atoms with Crippen LogP contribution in [0.2, 0.25) is 5.02 Å². The molecule has 1 heterocycles. The lowest BCUT2D eigenvalue weighted by atomic mass is 9.96. The van der Waals surface area contributed by atoms with Gasteiger partial charge in [-0.05, 0) is 25.6 Å². The predicted molar refractivity (Wildman–Crippen MR) is 84.3 cm³/mol. The second kappa shape index (κ2) is 6.16. The number of nitrogens with zero attached hydrogens (tertiary/aromatic N) is 3. The van der Waals surface area contributed by atoms with E-state index < -0.39 is 0 Å². The number of rotatable bonds is 4. The predicted octanol–water partition coefficient (Wildman–Crippen LogP) is 4.21. The second-order valence-corrected chi connectivity index (χ2v) is 6.80. The zero-order valence-corrected chi connectivity index (χ0v) is 14.0. The molecule has 0 N–H and O–H groups in total. The van der Waals surface area contributed by atoms with Gasteiger partial charge in [0.25, 0.3) is 0 Å². The van der Waals surface area contributed by atoms with Crippen LogP contribution in [-0.2, 0) is 12.0 Å². The van der Waals surface area contributed by atoms with Gasteiger partial charge in [-0.15, -0.1) is 0 Å². The first kappa shape index (κ1) is 16.0. The summed E-state index contributed by atoms with van der Waals surface area (Å²) in [6.45, 7) is 8.99. The molecule has 0 aliphatic rings. The summed E-state index contributed by atoms with van der Waals surface area (Å²) in [6.07, 6.45) is 0. The molecule has 0 amide bonds. The molecule has 0 aliphatic carbocycles. The topological polar surface area (TPSA) is 42.2 Å². The Morgan fingerprint density at radius 1 is 1.29 bits per heavy atom. The molecule has 21 heavy (non-hydrogen) atoms. The molecular weight excluding hydrogens is 286 g/mol. The zero-order valence-electron chi connectivity index (χ0n) is 13.2. The van der Waals surface area contributed by atoms with Gasteiger partial charge in [-0.3, -0.25) is 4.90 Å². The van der Waals surface area contributed by atoms with Crippen LogP contribution in [-0.4, -0.2) is 22.1 Å². The summed E-state index contributed by atoms with van der Waals surface area (Å²) in [7, 11) is 2.02. The molecule has 1 aromatic heterocycles. The van der Waals surface area contributed by atoms with Crippen LogP contribution in [0.1, 0.15) is 51.0 Å². The molecule has 0 saturated carbocycles. The standard InChI is InChI=1S/C16H22ClN3O/c1-11(14-18-15(19-21-14)16(2,3)4)20(5)10-12-8-6-7-9-13(12)17/h6-9,11H,10H2,1-5H3. The molecule has 0 aliphatic heterocycles. The van der Waals surface area contributed by atoms with Gasteiger partial charge in [0.05, 0.1) is 6.04 Å². The minimum Gasteiger partial charge on any atom is -0.338 e. The maximum atomic E-state index is 6.20. The Morgan fingerprint density at radius 3 is 2.52 bits per heavy atom. The van der Waals surface area contributed by atoms with Crippen LogP contribution in [0.15, 0.2) is 28.8 Å². The van der Waals surface area contributed by atoms with E-state index in [0.717, 1.165) is 23.0 Å². The van der Waals surface area contributed by atoms with E-state index in [-0.39, 0.29) is 11.5 Å². The van der Waals surface area contributed by atoms with E-state index in [1.807, 2.05) is 31.3 Å². The molecule has 4 nitrogen and oxygen atoms in total. The van der Waals surface area contributed by atoms with E-state index in [4.69, 9.17) is 16.1 Å². The zero-order chi connectivity index (χ0) is 15.6. The minimum atomic E-state index is -0.108. The van der Waals surface area contributed by atoms with E-state index >= 15 is 0 Å². The van der Waals surface area contributed by atoms with Crippen molar-refractivity contribution in [1.29, 1.82) is 0 Å². The van der Waals surface area contributed by atoms with Crippen LogP contribution in [0.5, 0.6) is 0 Å². The van der Waals surface area contributed by atoms with E-state index in [1.165, 1.54) is 0 Å². The Bertz CT molecular complexity index is 604. The van der Waals surface area contributed by atoms with Crippen LogP contribution in [0.4, 0.5) is 0 Å². The van der Waals surface area contributed by atoms with E-state index in [1.54, 1.807) is 0 Å². The van der Waals surface area contributed by atoms with Crippen molar-refractivity contribution in [3.8, 4) is 0 Å². The van der Waals surface area contributed by atoms with Crippen molar-refractivity contribution in [3.05, 3.63) is 46.6 Å². The van der Waals surface area contributed by atoms with Gasteiger partial charge >= 0.3 is 0 Å². The van der Waals surface area contributed by atoms with Gasteiger partial charge in [0, 0.05) is 17.0 Å². The Kier molecular flexibility index (Phi) is 4.69. The first-order valence-electron chi connectivity index (χ1n) is 7.07. The summed E-state index contributed by atoms with van der Waals surface area (Å²) in [5, 5.41) is 4.85. The van der Waals surface area contributed by atoms with Gasteiger partial charge in [-0.2, -0.15) is 4.98 Å². The van der Waals surface area contributed by atoms with E-state index in [2.05, 4.69) is 42.7 Å². The molecule has 1 atom stereocenters. The summed E-state index contributed by atoms with van der Waals surface area (Å²) in [6, 6.07) is 7.89. The van der Waals surface area contributed by atoms with Crippen molar-refractivity contribution in [3.63, 3.8) is 0 Å². The molecule has 1 unspecified atom stereocenters. The van der Waals surface area contributed by atoms with Crippen molar-refractivity contribution in [1.82, 2.24) is 15.0 Å². The smallest absolute Gasteiger partial charge is 0.243 e. The first-order chi connectivity index (χ1) is 9.79. The summed E-state index contributed by atoms with van der Waals surface area (Å²) < 4.78 is 5.41. The first-order valence-corrected chi connectivity index (χ1v) is 7.44. The highest BCUT2D eigenvalue weighted by Gasteiger charge is 2.24. The van der Waals surface area contributed by atoms with Gasteiger partial charge in [-0.1, -0.05) is 55.7 Å². The Labute approximate surface area is 131 Å². The highest BCUT2D eigenvalue weighted by Crippen LogP contribution is 2.25. The number of halogens is 1. The van der Waals surface area contributed by atoms with E-state index in [9.17, 15) is 0 Å². The third-order valence-corrected chi connectivity index (χ3v) is 3.88. The quantitative estimate of drug-likeness (QED) is 0.848. The van der Waals surface area contributed by atoms with Gasteiger partial charge in [0.15, 0.2) is 5.82 Å². The summed E-state index contributed by atoms with van der Waals surface area (Å²) >= 11 is 6.20. The Morgan fingerprint density at radius 2 is 1.95 bits per heavy atom. The molecule has 0 spiro atoms. The molecule has 0 fully saturated rings. The largest absolute Gasteiger partial charge is 0.338 e. The van der Waals surface area contributed by atoms with Crippen LogP contribution in [0.3, 0.4) is 0 Å². The number of hydrogen-bond acceptors (Lipinski definition) is 4. The monoisotopic (exact) mass is 307 g/mol. The third-order valence-electron chi connectivity index (χ3n) is 3.51. The van der Waals surface area contributed by atoms with Gasteiger partial charge in [0.1, 0.15) is 0 Å². The van der Waals surface area contributed by atoms with Crippen molar-refractivity contribution >= 4 is 11.6 Å². The highest BCUT2D eigenvalue weighted by atomic mass is 35.5. The summed E-state index contributed by atoms with van der Waals surface area (Å²) in [5.41, 5.74) is 0.979. The number of benzene rings is 1. The normalized spacial score (nSPS) is 13.7. The van der Waals surface area contributed by atoms with E-state index in [0.29, 0.717) is 5.89 Å². The van der Waals surface area contributed by atoms with Crippen LogP contribution >= 0.6 is 11.6 Å². The molecule has 1 aromatic carbocycles. The lowest BCUT2D eigenvalue weighted by molar-refractivity contribution is 0.202. The maximum absolute atomic E-state index is 6.20. The van der Waals surface area contributed by atoms with Crippen molar-refractivity contribution < 1.29 is 4.52 Å². The molecule has 2 aromatic rings. The van der Waals surface area contributed by atoms with Crippen LogP contribution < -0.4 is 0 Å². The number of aromatic nitrogens is 2. The number of hydrogen-bond donors (Lipinski definition) is 0. The second-order valence-electron chi connectivity index (χ2n) is 6.39. The van der Waals surface area contributed by atoms with Crippen molar-refractivity contribution in [2.45, 2.75) is 45.7 Å². The average molecular weight is 308 g/mol. The molecule has 0 bridgehead atoms. The Hall–Kier alpha value is -1.39. The molecule has 114 valence electrons. The average Bonchev–Trinajstić information content (AvgIpc) is 2.90. The molecule has 0 radical (unpaired) electrons. The van der Waals surface area contributed by atoms with Crippen molar-refractivity contribution in [2.24, 2.45) is 0 Å². The minimum absolute atomic E-state index is 0.0323. The fourth-order valence-electron chi connectivity index (χ4n) is 1.93. The molecule has 5 heteroatoms. The fraction of sp³-hybridized carbons (Fsp3) is 0.500. The summed E-state index contributed by atoms with van der Waals surface area (Å²) in [4.78, 5) is 6.65. The van der Waals surface area contributed by atoms with Gasteiger partial charge < -0.3 is 4.52 Å². The van der Waals surface area contributed by atoms with Gasteiger partial charge in [0.2, 0.25) is 5.89 Å². The molecule has 2 rings (SSSR count). The Balaban J connectivity index is 2.11. The SMILES string of the molecule is CC(c1nc(C(C)(C)C)no1)N(C)Cc1ccccc1Cl. The molecule has 0 saturated heterocycles. The molecular formula is C16H22ClN3O. The maximum Gasteiger partial charge on any atom is 0.243 e. The van der Waals surface area contributed by atoms with Crippen LogP contribution in [0, 0.1) is 0 Å².